The van der Waals surface area contributed by atoms with E-state index in [2.05, 4.69) is 42.5 Å². The number of Topliss-reactive ketones (excluding diaryl/α,β-unsaturated/α-hetero) is 1. The molecule has 7 aliphatic heterocycles. The van der Waals surface area contributed by atoms with Gasteiger partial charge in [0.2, 0.25) is 65.0 Å². The fourth-order valence-electron chi connectivity index (χ4n) is 16.2. The number of ether oxygens (including phenoxy) is 12. The van der Waals surface area contributed by atoms with E-state index >= 15 is 0 Å². The Balaban J connectivity index is 0.000000383. The molecule has 0 unspecified atom stereocenters. The molecule has 7 aliphatic rings. The molecular formula is C92H163N11O42. The summed E-state index contributed by atoms with van der Waals surface area (Å²) in [6.45, 7) is 15.7. The Morgan fingerprint density at radius 3 is 0.731 bits per heavy atom. The molecule has 0 spiro atoms. The van der Waals surface area contributed by atoms with Gasteiger partial charge in [-0.2, -0.15) is 0 Å². The average Bonchev–Trinajstić information content (AvgIpc) is 1.15. The smallest absolute Gasteiger partial charge is 0.225 e. The molecule has 32 atom stereocenters. The molecule has 145 heavy (non-hydrogen) atoms. The van der Waals surface area contributed by atoms with E-state index in [4.69, 9.17) is 56.8 Å². The normalized spacial score (nSPS) is 32.0. The van der Waals surface area contributed by atoms with Crippen molar-refractivity contribution in [2.75, 3.05) is 131 Å². The minimum absolute atomic E-state index is 0.00229. The molecule has 0 bridgehead atoms. The molecule has 7 saturated heterocycles. The van der Waals surface area contributed by atoms with E-state index in [-0.39, 0.29) is 218 Å². The summed E-state index contributed by atoms with van der Waals surface area (Å²) in [6.07, 6.45) is -31.6. The fourth-order valence-corrected chi connectivity index (χ4v) is 16.2. The number of unbranched alkanes of at least 4 members (excludes halogenated alkanes) is 3. The number of nitrogens with one attached hydrogen (secondary N) is 8. The highest BCUT2D eigenvalue weighted by atomic mass is 16.7. The monoisotopic (exact) mass is 2090 g/mol. The van der Waals surface area contributed by atoms with Gasteiger partial charge >= 0.3 is 0 Å². The number of aliphatic hydroxyl groups excluding tert-OH is 18. The number of piperidine rings is 1. The molecule has 11 amide bonds. The van der Waals surface area contributed by atoms with Crippen LogP contribution in [0.3, 0.4) is 0 Å². The minimum Gasteiger partial charge on any atom is -0.388 e. The molecule has 7 rings (SSSR count). The van der Waals surface area contributed by atoms with Crippen LogP contribution in [0.25, 0.3) is 0 Å². The van der Waals surface area contributed by atoms with Crippen molar-refractivity contribution in [1.29, 1.82) is 0 Å². The van der Waals surface area contributed by atoms with Gasteiger partial charge in [0, 0.05) is 162 Å². The Kier molecular flexibility index (Phi) is 59.8. The summed E-state index contributed by atoms with van der Waals surface area (Å²) in [7, 11) is 0. The highest BCUT2D eigenvalue weighted by Gasteiger charge is 2.49. The lowest BCUT2D eigenvalue weighted by molar-refractivity contribution is -0.292. The van der Waals surface area contributed by atoms with E-state index in [0.717, 1.165) is 6.42 Å². The zero-order chi connectivity index (χ0) is 108. The number of carbonyl (C=O) groups is 12. The van der Waals surface area contributed by atoms with Crippen molar-refractivity contribution >= 4 is 70.8 Å². The molecule has 53 heteroatoms. The van der Waals surface area contributed by atoms with Crippen LogP contribution in [0.2, 0.25) is 0 Å². The van der Waals surface area contributed by atoms with E-state index in [0.29, 0.717) is 64.5 Å². The maximum atomic E-state index is 13.2. The number of ketones is 1. The molecule has 53 nitrogen and oxygen atoms in total. The third-order valence-electron chi connectivity index (χ3n) is 25.2. The van der Waals surface area contributed by atoms with Crippen molar-refractivity contribution in [3.63, 3.8) is 0 Å². The number of hydrogen-bond donors (Lipinski definition) is 26. The Bertz CT molecular complexity index is 3520. The maximum Gasteiger partial charge on any atom is 0.225 e. The van der Waals surface area contributed by atoms with Crippen LogP contribution >= 0.6 is 0 Å². The summed E-state index contributed by atoms with van der Waals surface area (Å²) < 4.78 is 64.7. The van der Waals surface area contributed by atoms with E-state index in [1.807, 2.05) is 20.8 Å². The van der Waals surface area contributed by atoms with Crippen molar-refractivity contribution in [1.82, 2.24) is 57.2 Å². The van der Waals surface area contributed by atoms with Gasteiger partial charge in [0.15, 0.2) is 37.7 Å². The van der Waals surface area contributed by atoms with E-state index in [1.54, 1.807) is 0 Å². The average molecular weight is 2100 g/mol. The van der Waals surface area contributed by atoms with Gasteiger partial charge in [0.25, 0.3) is 0 Å². The number of likely N-dealkylation sites (tertiary alicyclic amines) is 1. The molecule has 0 aromatic carbocycles. The second-order valence-corrected chi connectivity index (χ2v) is 36.8. The van der Waals surface area contributed by atoms with Crippen LogP contribution in [0.15, 0.2) is 0 Å². The summed E-state index contributed by atoms with van der Waals surface area (Å²) in [4.78, 5) is 155. The number of rotatable bonds is 57. The first-order chi connectivity index (χ1) is 68.8. The predicted molar refractivity (Wildman–Crippen MR) is 500 cm³/mol. The van der Waals surface area contributed by atoms with Crippen LogP contribution < -0.4 is 42.5 Å². The van der Waals surface area contributed by atoms with Crippen LogP contribution in [-0.4, -0.2) is 493 Å². The zero-order valence-electron chi connectivity index (χ0n) is 84.2. The lowest BCUT2D eigenvalue weighted by Crippen LogP contribution is -2.57. The topological polar surface area (TPSA) is 786 Å². The van der Waals surface area contributed by atoms with Gasteiger partial charge in [-0.1, -0.05) is 6.92 Å². The quantitative estimate of drug-likeness (QED) is 0.0251. The van der Waals surface area contributed by atoms with Gasteiger partial charge in [-0.3, -0.25) is 57.5 Å². The fraction of sp³-hybridized carbons (Fsp3) is 0.870. The number of carbonyl (C=O) groups excluding carboxylic acids is 12. The van der Waals surface area contributed by atoms with Crippen LogP contribution in [-0.2, 0) is 114 Å². The molecule has 26 N–H and O–H groups in total. The van der Waals surface area contributed by atoms with Crippen molar-refractivity contribution < 1.29 is 206 Å². The molecule has 838 valence electrons. The SMILES string of the molecule is CCCC(=O)CCCCC(=O)N1C[C@H](C(=O)NCCO[C@@H]2O[C@@H](C)[C@@H](O)[C@@H](O)[C@@H]2O)C[C@H](C(=O)NCCO[C@@H]2O[C@@H](C)[C@@H](O)[C@@H](O)[C@@H]2O)C1.CCNC(=O)CCCCC(=O)N(CCC(=O)NCCO[C@@H]1O[C@@H](C)[C@@H](O)[C@@H](O)[C@@H]1O)CCC(=O)NCCO[C@@H]1O[C@@H](C)[C@@H](O)[C@@H](O)[C@@H]1O.CCNC(=O)CCCCC(=O)N(CCC(=O)NCCO[C@@H]1O[C@@H](C)[C@@H](O)[C@@H](O)[C@@H]1O)CCC(=O)NCCO[C@@H]1O[C@@H](C)[C@@H](O)[C@@H](O)[C@@H]1O. The Morgan fingerprint density at radius 1 is 0.269 bits per heavy atom. The van der Waals surface area contributed by atoms with Crippen molar-refractivity contribution in [3.05, 3.63) is 0 Å². The molecule has 0 aromatic heterocycles. The predicted octanol–water partition coefficient (Wildman–Crippen LogP) is -10.3. The Morgan fingerprint density at radius 2 is 0.490 bits per heavy atom. The highest BCUT2D eigenvalue weighted by molar-refractivity contribution is 5.86. The van der Waals surface area contributed by atoms with Gasteiger partial charge < -0.3 is 206 Å². The molecule has 0 radical (unpaired) electrons. The van der Waals surface area contributed by atoms with E-state index in [1.165, 1.54) is 56.2 Å². The molecular weight excluding hydrogens is 1930 g/mol. The van der Waals surface area contributed by atoms with Crippen LogP contribution in [0, 0.1) is 11.8 Å². The van der Waals surface area contributed by atoms with E-state index < -0.39 is 232 Å². The summed E-state index contributed by atoms with van der Waals surface area (Å²) >= 11 is 0. The van der Waals surface area contributed by atoms with Gasteiger partial charge in [-0.15, -0.1) is 0 Å². The largest absolute Gasteiger partial charge is 0.388 e. The lowest BCUT2D eigenvalue weighted by atomic mass is 9.87. The summed E-state index contributed by atoms with van der Waals surface area (Å²) in [5.41, 5.74) is 0. The number of amides is 11. The first-order valence-corrected chi connectivity index (χ1v) is 50.2. The van der Waals surface area contributed by atoms with Gasteiger partial charge in [-0.05, 0) is 107 Å². The van der Waals surface area contributed by atoms with Crippen LogP contribution in [0.4, 0.5) is 0 Å². The third kappa shape index (κ3) is 44.2. The summed E-state index contributed by atoms with van der Waals surface area (Å²) in [6, 6.07) is 0. The first-order valence-electron chi connectivity index (χ1n) is 50.2. The van der Waals surface area contributed by atoms with E-state index in [9.17, 15) is 149 Å². The third-order valence-corrected chi connectivity index (χ3v) is 25.2. The lowest BCUT2D eigenvalue weighted by Gasteiger charge is -2.39. The number of nitrogens with zero attached hydrogens (tertiary/aromatic N) is 3. The van der Waals surface area contributed by atoms with Crippen LogP contribution in [0.5, 0.6) is 0 Å². The van der Waals surface area contributed by atoms with Gasteiger partial charge in [-0.25, -0.2) is 0 Å². The summed E-state index contributed by atoms with van der Waals surface area (Å²) in [5.74, 6) is -4.77. The second-order valence-electron chi connectivity index (χ2n) is 36.8. The van der Waals surface area contributed by atoms with Crippen molar-refractivity contribution in [2.45, 2.75) is 369 Å². The Labute approximate surface area is 842 Å². The highest BCUT2D eigenvalue weighted by Crippen LogP contribution is 2.30. The first kappa shape index (κ1) is 128. The van der Waals surface area contributed by atoms with Gasteiger partial charge in [0.05, 0.1) is 88.1 Å². The van der Waals surface area contributed by atoms with Crippen molar-refractivity contribution in [2.24, 2.45) is 11.8 Å². The van der Waals surface area contributed by atoms with Gasteiger partial charge in [0.1, 0.15) is 116 Å². The standard InChI is InChI=1S/C32H55N3O14.2C30H54N4O14/c1-4-7-21(36)8-5-6-9-22(37)35-15-19(29(44)33-10-12-46-31-27(42)25(40)23(38)17(2)48-31)14-20(16-35)30(45)34-11-13-47-32-28(43)26(41)24(39)18(3)49-32;2*1-4-31-19(35)7-5-6-8-22(38)34(13-9-20(36)32-11-15-45-29-27(43)25(41)23(39)17(2)47-29)14-10-21(37)33-12-16-46-30-28(44)26(42)24(40)18(3)48-30/h17-20,23-28,31-32,38-43H,4-16H2,1-3H3,(H,33,44)(H,34,45);2*17-18,23-30,39-44H,4-16H2,1-3H3,(H,31,35)(H,32,36)(H,33,37)/t17-,18-,19-,20+,23+,24+,25+,26+,27-,28-,31+,32+;2*17-,18-,23+,24+,25+,26+,27-,28-,29+,30+/m000/s1. The molecule has 7 heterocycles. The maximum absolute atomic E-state index is 13.2. The molecule has 0 saturated carbocycles. The number of aliphatic hydroxyl groups is 18. The molecule has 0 aromatic rings. The molecule has 7 fully saturated rings. The van der Waals surface area contributed by atoms with Crippen LogP contribution in [0.1, 0.15) is 184 Å². The summed E-state index contributed by atoms with van der Waals surface area (Å²) in [5, 5.41) is 200. The van der Waals surface area contributed by atoms with Crippen molar-refractivity contribution in [3.8, 4) is 0 Å². The number of hydrogen-bond acceptors (Lipinski definition) is 42. The second kappa shape index (κ2) is 67.7. The minimum atomic E-state index is -1.49. The zero-order valence-corrected chi connectivity index (χ0v) is 84.2. The molecule has 0 aliphatic carbocycles. The Hall–Kier alpha value is -7.36.